The molecule has 2 rings (SSSR count). The summed E-state index contributed by atoms with van der Waals surface area (Å²) in [7, 11) is -2.90. The molecule has 1 aliphatic heterocycles. The smallest absolute Gasteiger partial charge is 0.152 e. The lowest BCUT2D eigenvalue weighted by Gasteiger charge is -2.24. The first-order valence-electron chi connectivity index (χ1n) is 5.84. The van der Waals surface area contributed by atoms with Crippen molar-refractivity contribution in [3.05, 3.63) is 29.8 Å². The maximum Gasteiger partial charge on any atom is 0.152 e. The largest absolute Gasteiger partial charge is 0.389 e. The van der Waals surface area contributed by atoms with Crippen LogP contribution in [0.2, 0.25) is 0 Å². The van der Waals surface area contributed by atoms with Crippen molar-refractivity contribution < 1.29 is 8.42 Å². The highest BCUT2D eigenvalue weighted by Crippen LogP contribution is 2.22. The van der Waals surface area contributed by atoms with Crippen molar-refractivity contribution in [1.29, 1.82) is 0 Å². The number of rotatable bonds is 2. The van der Waals surface area contributed by atoms with E-state index in [4.69, 9.17) is 18.0 Å². The molecule has 1 fully saturated rings. The van der Waals surface area contributed by atoms with Gasteiger partial charge in [-0.05, 0) is 18.6 Å². The molecule has 1 heterocycles. The quantitative estimate of drug-likeness (QED) is 0.819. The van der Waals surface area contributed by atoms with Gasteiger partial charge >= 0.3 is 0 Å². The highest BCUT2D eigenvalue weighted by molar-refractivity contribution is 7.91. The second-order valence-electron chi connectivity index (χ2n) is 4.37. The average Bonchev–Trinajstić information content (AvgIpc) is 2.50. The van der Waals surface area contributed by atoms with Gasteiger partial charge in [0.05, 0.1) is 11.5 Å². The van der Waals surface area contributed by atoms with E-state index in [2.05, 4.69) is 4.90 Å². The van der Waals surface area contributed by atoms with Crippen molar-refractivity contribution in [2.45, 2.75) is 6.42 Å². The van der Waals surface area contributed by atoms with Crippen LogP contribution in [0.3, 0.4) is 0 Å². The van der Waals surface area contributed by atoms with Crippen molar-refractivity contribution in [2.75, 3.05) is 29.5 Å². The minimum absolute atomic E-state index is 0.193. The third-order valence-corrected chi connectivity index (χ3v) is 5.00. The summed E-state index contributed by atoms with van der Waals surface area (Å²) in [6, 6.07) is 7.60. The first-order chi connectivity index (χ1) is 8.49. The Bertz CT molecular complexity index is 555. The zero-order valence-corrected chi connectivity index (χ0v) is 11.6. The Morgan fingerprint density at radius 1 is 1.22 bits per heavy atom. The minimum atomic E-state index is -2.90. The summed E-state index contributed by atoms with van der Waals surface area (Å²) in [6.07, 6.45) is 0.647. The predicted molar refractivity (Wildman–Crippen MR) is 77.8 cm³/mol. The Balaban J connectivity index is 2.29. The van der Waals surface area contributed by atoms with Crippen molar-refractivity contribution in [2.24, 2.45) is 5.73 Å². The van der Waals surface area contributed by atoms with Gasteiger partial charge in [-0.1, -0.05) is 24.4 Å². The van der Waals surface area contributed by atoms with Gasteiger partial charge in [0.25, 0.3) is 0 Å². The molecule has 0 atom stereocenters. The molecule has 0 saturated carbocycles. The summed E-state index contributed by atoms with van der Waals surface area (Å²) < 4.78 is 23.2. The zero-order chi connectivity index (χ0) is 13.2. The summed E-state index contributed by atoms with van der Waals surface area (Å²) in [5.41, 5.74) is 7.44. The third-order valence-electron chi connectivity index (χ3n) is 3.07. The average molecular weight is 284 g/mol. The van der Waals surface area contributed by atoms with Gasteiger partial charge < -0.3 is 10.6 Å². The number of benzene rings is 1. The molecule has 4 nitrogen and oxygen atoms in total. The zero-order valence-electron chi connectivity index (χ0n) is 10.0. The van der Waals surface area contributed by atoms with Crippen LogP contribution in [0.25, 0.3) is 0 Å². The molecule has 1 aromatic rings. The third kappa shape index (κ3) is 3.00. The molecular weight excluding hydrogens is 268 g/mol. The summed E-state index contributed by atoms with van der Waals surface area (Å²) in [5, 5.41) is 0. The van der Waals surface area contributed by atoms with E-state index >= 15 is 0 Å². The molecule has 98 valence electrons. The summed E-state index contributed by atoms with van der Waals surface area (Å²) in [6.45, 7) is 1.22. The molecule has 0 spiro atoms. The number of nitrogens with two attached hydrogens (primary N) is 1. The van der Waals surface area contributed by atoms with Gasteiger partial charge in [0.2, 0.25) is 0 Å². The van der Waals surface area contributed by atoms with E-state index < -0.39 is 9.84 Å². The number of thiocarbonyl (C=S) groups is 1. The number of nitrogens with zero attached hydrogens (tertiary/aromatic N) is 1. The van der Waals surface area contributed by atoms with Gasteiger partial charge in [0.1, 0.15) is 4.99 Å². The first kappa shape index (κ1) is 13.3. The maximum atomic E-state index is 11.6. The van der Waals surface area contributed by atoms with Gasteiger partial charge in [0.15, 0.2) is 9.84 Å². The van der Waals surface area contributed by atoms with Crippen molar-refractivity contribution in [3.63, 3.8) is 0 Å². The molecule has 2 N–H and O–H groups in total. The predicted octanol–water partition coefficient (Wildman–Crippen LogP) is 0.946. The molecule has 18 heavy (non-hydrogen) atoms. The van der Waals surface area contributed by atoms with Crippen LogP contribution in [0.15, 0.2) is 24.3 Å². The Morgan fingerprint density at radius 3 is 2.67 bits per heavy atom. The van der Waals surface area contributed by atoms with Crippen LogP contribution in [0.5, 0.6) is 0 Å². The molecule has 0 aromatic heterocycles. The van der Waals surface area contributed by atoms with Crippen LogP contribution in [0, 0.1) is 0 Å². The van der Waals surface area contributed by atoms with E-state index in [-0.39, 0.29) is 11.5 Å². The summed E-state index contributed by atoms with van der Waals surface area (Å²) in [4.78, 5) is 2.40. The number of anilines is 1. The Morgan fingerprint density at radius 2 is 1.94 bits per heavy atom. The van der Waals surface area contributed by atoms with E-state index in [9.17, 15) is 8.42 Å². The van der Waals surface area contributed by atoms with Gasteiger partial charge in [-0.2, -0.15) is 0 Å². The molecule has 0 bridgehead atoms. The van der Waals surface area contributed by atoms with Gasteiger partial charge in [-0.15, -0.1) is 0 Å². The van der Waals surface area contributed by atoms with Crippen molar-refractivity contribution in [1.82, 2.24) is 0 Å². The van der Waals surface area contributed by atoms with Crippen LogP contribution in [-0.4, -0.2) is 38.0 Å². The molecule has 6 heteroatoms. The number of hydrogen-bond donors (Lipinski definition) is 1. The standard InChI is InChI=1S/C12H16N2O2S2/c13-12(17)10-4-1-2-5-11(10)14-6-3-8-18(15,16)9-7-14/h1-2,4-5H,3,6-9H2,(H2,13,17). The molecule has 0 aliphatic carbocycles. The number of sulfone groups is 1. The van der Waals surface area contributed by atoms with E-state index in [0.29, 0.717) is 18.0 Å². The Kier molecular flexibility index (Phi) is 3.87. The minimum Gasteiger partial charge on any atom is -0.389 e. The second-order valence-corrected chi connectivity index (χ2v) is 7.12. The van der Waals surface area contributed by atoms with Gasteiger partial charge in [-0.25, -0.2) is 8.42 Å². The topological polar surface area (TPSA) is 63.4 Å². The van der Waals surface area contributed by atoms with Crippen LogP contribution in [0.1, 0.15) is 12.0 Å². The van der Waals surface area contributed by atoms with Crippen molar-refractivity contribution >= 4 is 32.7 Å². The Hall–Kier alpha value is -1.14. The Labute approximate surface area is 113 Å². The monoisotopic (exact) mass is 284 g/mol. The van der Waals surface area contributed by atoms with Gasteiger partial charge in [0, 0.05) is 24.3 Å². The molecule has 0 radical (unpaired) electrons. The summed E-state index contributed by atoms with van der Waals surface area (Å²) in [5.74, 6) is 0.456. The number of para-hydroxylation sites is 1. The second kappa shape index (κ2) is 5.24. The van der Waals surface area contributed by atoms with Crippen molar-refractivity contribution in [3.8, 4) is 0 Å². The highest BCUT2D eigenvalue weighted by Gasteiger charge is 2.21. The normalized spacial score (nSPS) is 19.2. The van der Waals surface area contributed by atoms with Crippen LogP contribution < -0.4 is 10.6 Å². The fraction of sp³-hybridized carbons (Fsp3) is 0.417. The lowest BCUT2D eigenvalue weighted by atomic mass is 10.1. The lowest BCUT2D eigenvalue weighted by Crippen LogP contribution is -2.29. The number of hydrogen-bond acceptors (Lipinski definition) is 4. The van der Waals surface area contributed by atoms with E-state index in [1.807, 2.05) is 24.3 Å². The maximum absolute atomic E-state index is 11.6. The highest BCUT2D eigenvalue weighted by atomic mass is 32.2. The SMILES string of the molecule is NC(=S)c1ccccc1N1CCCS(=O)(=O)CC1. The first-order valence-corrected chi connectivity index (χ1v) is 8.07. The van der Waals surface area contributed by atoms with Gasteiger partial charge in [-0.3, -0.25) is 0 Å². The van der Waals surface area contributed by atoms with E-state index in [1.54, 1.807) is 0 Å². The molecule has 0 amide bonds. The van der Waals surface area contributed by atoms with Crippen LogP contribution in [-0.2, 0) is 9.84 Å². The molecule has 0 unspecified atom stereocenters. The fourth-order valence-corrected chi connectivity index (χ4v) is 3.58. The molecule has 1 aliphatic rings. The molecule has 1 aromatic carbocycles. The summed E-state index contributed by atoms with van der Waals surface area (Å²) >= 11 is 5.03. The molecular formula is C12H16N2O2S2. The molecule has 1 saturated heterocycles. The van der Waals surface area contributed by atoms with E-state index in [1.165, 1.54) is 0 Å². The fourth-order valence-electron chi connectivity index (χ4n) is 2.14. The van der Waals surface area contributed by atoms with E-state index in [0.717, 1.165) is 17.8 Å². The lowest BCUT2D eigenvalue weighted by molar-refractivity contribution is 0.597. The van der Waals surface area contributed by atoms with Crippen LogP contribution >= 0.6 is 12.2 Å². The van der Waals surface area contributed by atoms with Crippen LogP contribution in [0.4, 0.5) is 5.69 Å².